The minimum absolute atomic E-state index is 0.112. The van der Waals surface area contributed by atoms with E-state index in [1.807, 2.05) is 6.92 Å². The van der Waals surface area contributed by atoms with Gasteiger partial charge >= 0.3 is 0 Å². The van der Waals surface area contributed by atoms with Crippen LogP contribution in [0.15, 0.2) is 24.3 Å². The molecule has 6 heteroatoms. The van der Waals surface area contributed by atoms with E-state index >= 15 is 0 Å². The van der Waals surface area contributed by atoms with E-state index in [-0.39, 0.29) is 11.7 Å². The molecule has 1 aliphatic carbocycles. The first kappa shape index (κ1) is 17.2. The molecule has 3 atom stereocenters. The summed E-state index contributed by atoms with van der Waals surface area (Å²) in [6, 6.07) is 6.32. The number of thioether (sulfide) groups is 1. The summed E-state index contributed by atoms with van der Waals surface area (Å²) in [5.74, 6) is -0.463. The molecule has 1 amide bonds. The summed E-state index contributed by atoms with van der Waals surface area (Å²) in [6.07, 6.45) is 3.76. The zero-order valence-corrected chi connectivity index (χ0v) is 13.8. The molecule has 22 heavy (non-hydrogen) atoms. The molecule has 1 aromatic rings. The molecular formula is C16H23FN2O2S. The number of hydrogen-bond acceptors (Lipinski definition) is 4. The van der Waals surface area contributed by atoms with Gasteiger partial charge in [-0.25, -0.2) is 4.39 Å². The van der Waals surface area contributed by atoms with Crippen molar-refractivity contribution in [1.82, 2.24) is 5.32 Å². The van der Waals surface area contributed by atoms with E-state index in [0.29, 0.717) is 36.0 Å². The third-order valence-electron chi connectivity index (χ3n) is 3.77. The zero-order chi connectivity index (χ0) is 15.9. The third-order valence-corrected chi connectivity index (χ3v) is 4.95. The van der Waals surface area contributed by atoms with Crippen molar-refractivity contribution in [2.75, 3.05) is 24.7 Å². The van der Waals surface area contributed by atoms with Gasteiger partial charge in [-0.05, 0) is 37.8 Å². The molecule has 0 aliphatic heterocycles. The summed E-state index contributed by atoms with van der Waals surface area (Å²) >= 11 is 1.80. The summed E-state index contributed by atoms with van der Waals surface area (Å²) in [5, 5.41) is 6.55. The van der Waals surface area contributed by atoms with Crippen LogP contribution in [0, 0.1) is 5.82 Å². The Balaban J connectivity index is 1.67. The van der Waals surface area contributed by atoms with Crippen LogP contribution in [0.2, 0.25) is 0 Å². The number of nitrogens with one attached hydrogen (secondary N) is 2. The summed E-state index contributed by atoms with van der Waals surface area (Å²) in [4.78, 5) is 11.8. The molecule has 1 aromatic carbocycles. The van der Waals surface area contributed by atoms with Crippen LogP contribution in [0.25, 0.3) is 0 Å². The summed E-state index contributed by atoms with van der Waals surface area (Å²) < 4.78 is 18.7. The molecule has 1 saturated carbocycles. The quantitative estimate of drug-likeness (QED) is 0.771. The third kappa shape index (κ3) is 4.69. The summed E-state index contributed by atoms with van der Waals surface area (Å²) in [5.41, 5.74) is 0.493. The lowest BCUT2D eigenvalue weighted by Crippen LogP contribution is -2.57. The second-order valence-electron chi connectivity index (χ2n) is 5.30. The minimum Gasteiger partial charge on any atom is -0.377 e. The van der Waals surface area contributed by atoms with Crippen LogP contribution in [0.4, 0.5) is 10.1 Å². The fraction of sp³-hybridized carbons (Fsp3) is 0.562. The molecule has 1 aliphatic rings. The van der Waals surface area contributed by atoms with Gasteiger partial charge in [0.15, 0.2) is 0 Å². The number of amides is 1. The number of carbonyl (C=O) groups is 1. The number of ether oxygens (including phenoxy) is 1. The summed E-state index contributed by atoms with van der Waals surface area (Å²) in [6.45, 7) is 3.36. The highest BCUT2D eigenvalue weighted by molar-refractivity contribution is 7.99. The van der Waals surface area contributed by atoms with Crippen molar-refractivity contribution in [3.05, 3.63) is 30.1 Å². The van der Waals surface area contributed by atoms with Crippen LogP contribution < -0.4 is 10.6 Å². The number of rotatable bonds is 8. The van der Waals surface area contributed by atoms with Gasteiger partial charge in [-0.3, -0.25) is 4.79 Å². The van der Waals surface area contributed by atoms with Gasteiger partial charge in [0.25, 0.3) is 0 Å². The Bertz CT molecular complexity index is 501. The molecule has 0 unspecified atom stereocenters. The van der Waals surface area contributed by atoms with E-state index < -0.39 is 0 Å². The Hall–Kier alpha value is -1.11. The predicted octanol–water partition coefficient (Wildman–Crippen LogP) is 2.65. The smallest absolute Gasteiger partial charge is 0.225 e. The molecule has 0 radical (unpaired) electrons. The first-order chi connectivity index (χ1) is 10.6. The zero-order valence-electron chi connectivity index (χ0n) is 13.0. The van der Waals surface area contributed by atoms with E-state index in [9.17, 15) is 9.18 Å². The Labute approximate surface area is 135 Å². The molecule has 1 fully saturated rings. The maximum absolute atomic E-state index is 13.0. The molecule has 2 rings (SSSR count). The van der Waals surface area contributed by atoms with Gasteiger partial charge in [-0.1, -0.05) is 6.07 Å². The normalized spacial score (nSPS) is 23.9. The van der Waals surface area contributed by atoms with Crippen molar-refractivity contribution in [2.24, 2.45) is 0 Å². The Morgan fingerprint density at radius 1 is 1.50 bits per heavy atom. The number of halogens is 1. The van der Waals surface area contributed by atoms with Crippen LogP contribution in [-0.4, -0.2) is 42.7 Å². The largest absolute Gasteiger partial charge is 0.377 e. The van der Waals surface area contributed by atoms with Crippen LogP contribution in [-0.2, 0) is 9.53 Å². The molecule has 2 N–H and O–H groups in total. The van der Waals surface area contributed by atoms with Crippen LogP contribution in [0.1, 0.15) is 19.8 Å². The fourth-order valence-corrected chi connectivity index (χ4v) is 3.66. The van der Waals surface area contributed by atoms with Gasteiger partial charge in [0.1, 0.15) is 5.82 Å². The average Bonchev–Trinajstić information content (AvgIpc) is 2.45. The fourth-order valence-electron chi connectivity index (χ4n) is 2.64. The highest BCUT2D eigenvalue weighted by Crippen LogP contribution is 2.33. The van der Waals surface area contributed by atoms with Gasteiger partial charge in [0, 0.05) is 36.6 Å². The Kier molecular flexibility index (Phi) is 6.67. The van der Waals surface area contributed by atoms with Crippen LogP contribution >= 0.6 is 11.8 Å². The van der Waals surface area contributed by atoms with Crippen molar-refractivity contribution < 1.29 is 13.9 Å². The predicted molar refractivity (Wildman–Crippen MR) is 88.8 cm³/mol. The summed E-state index contributed by atoms with van der Waals surface area (Å²) in [7, 11) is 0. The molecule has 0 heterocycles. The highest BCUT2D eigenvalue weighted by Gasteiger charge is 2.40. The van der Waals surface area contributed by atoms with Crippen LogP contribution in [0.3, 0.4) is 0 Å². The maximum atomic E-state index is 13.0. The average molecular weight is 326 g/mol. The van der Waals surface area contributed by atoms with E-state index in [2.05, 4.69) is 16.9 Å². The lowest BCUT2D eigenvalue weighted by atomic mass is 9.88. The second-order valence-corrected chi connectivity index (χ2v) is 6.31. The molecular weight excluding hydrogens is 303 g/mol. The standard InChI is InChI=1S/C16H23FN2O2S/c1-3-21-14-10-13(16(14)22-2)18-8-7-15(20)19-12-6-4-5-11(17)9-12/h4-6,9,13-14,16,18H,3,7-8,10H2,1-2H3,(H,19,20)/t13-,14-,16+/m1/s1. The molecule has 0 saturated heterocycles. The van der Waals surface area contributed by atoms with Crippen molar-refractivity contribution in [3.63, 3.8) is 0 Å². The van der Waals surface area contributed by atoms with Crippen molar-refractivity contribution in [2.45, 2.75) is 37.2 Å². The molecule has 0 aromatic heterocycles. The Morgan fingerprint density at radius 2 is 2.32 bits per heavy atom. The first-order valence-corrected chi connectivity index (χ1v) is 8.86. The topological polar surface area (TPSA) is 50.4 Å². The monoisotopic (exact) mass is 326 g/mol. The van der Waals surface area contributed by atoms with Gasteiger partial charge in [-0.2, -0.15) is 11.8 Å². The van der Waals surface area contributed by atoms with Crippen molar-refractivity contribution in [3.8, 4) is 0 Å². The highest BCUT2D eigenvalue weighted by atomic mass is 32.2. The molecule has 0 spiro atoms. The molecule has 4 nitrogen and oxygen atoms in total. The van der Waals surface area contributed by atoms with Gasteiger partial charge < -0.3 is 15.4 Å². The lowest BCUT2D eigenvalue weighted by Gasteiger charge is -2.43. The van der Waals surface area contributed by atoms with E-state index in [4.69, 9.17) is 4.74 Å². The van der Waals surface area contributed by atoms with Crippen LogP contribution in [0.5, 0.6) is 0 Å². The van der Waals surface area contributed by atoms with E-state index in [1.54, 1.807) is 23.9 Å². The van der Waals surface area contributed by atoms with Gasteiger partial charge in [-0.15, -0.1) is 0 Å². The number of hydrogen-bond donors (Lipinski definition) is 2. The number of carbonyl (C=O) groups excluding carboxylic acids is 1. The second kappa shape index (κ2) is 8.50. The number of anilines is 1. The van der Waals surface area contributed by atoms with E-state index in [1.165, 1.54) is 12.1 Å². The van der Waals surface area contributed by atoms with Crippen molar-refractivity contribution >= 4 is 23.4 Å². The molecule has 122 valence electrons. The van der Waals surface area contributed by atoms with Gasteiger partial charge in [0.2, 0.25) is 5.91 Å². The SMILES string of the molecule is CCO[C@@H]1C[C@@H](NCCC(=O)Nc2cccc(F)c2)[C@@H]1SC. The number of benzene rings is 1. The van der Waals surface area contributed by atoms with Crippen molar-refractivity contribution in [1.29, 1.82) is 0 Å². The Morgan fingerprint density at radius 3 is 3.00 bits per heavy atom. The first-order valence-electron chi connectivity index (χ1n) is 7.57. The van der Waals surface area contributed by atoms with E-state index in [0.717, 1.165) is 13.0 Å². The maximum Gasteiger partial charge on any atom is 0.225 e. The molecule has 0 bridgehead atoms. The van der Waals surface area contributed by atoms with Gasteiger partial charge in [0.05, 0.1) is 6.10 Å². The minimum atomic E-state index is -0.352. The lowest BCUT2D eigenvalue weighted by molar-refractivity contribution is -0.116.